The average Bonchev–Trinajstić information content (AvgIpc) is 3.13. The molecule has 3 rings (SSSR count). The van der Waals surface area contributed by atoms with Crippen LogP contribution in [0.5, 0.6) is 0 Å². The summed E-state index contributed by atoms with van der Waals surface area (Å²) in [5, 5.41) is 13.9. The number of carbonyl (C=O) groups excluding carboxylic acids is 2. The van der Waals surface area contributed by atoms with Crippen LogP contribution in [0.4, 0.5) is 0 Å². The molecule has 0 aliphatic heterocycles. The van der Waals surface area contributed by atoms with E-state index >= 15 is 0 Å². The highest BCUT2D eigenvalue weighted by Gasteiger charge is 2.35. The lowest BCUT2D eigenvalue weighted by atomic mass is 9.75. The lowest BCUT2D eigenvalue weighted by Crippen LogP contribution is -2.31. The van der Waals surface area contributed by atoms with Gasteiger partial charge in [-0.2, -0.15) is 5.21 Å². The maximum absolute atomic E-state index is 12.9. The fourth-order valence-electron chi connectivity index (χ4n) is 3.59. The first-order chi connectivity index (χ1) is 11.7. The van der Waals surface area contributed by atoms with E-state index in [0.717, 1.165) is 17.7 Å². The highest BCUT2D eigenvalue weighted by atomic mass is 16.2. The van der Waals surface area contributed by atoms with Crippen molar-refractivity contribution in [1.82, 2.24) is 30.5 Å². The number of hydrogen-bond acceptors (Lipinski definition) is 5. The Morgan fingerprint density at radius 2 is 2.08 bits per heavy atom. The monoisotopic (exact) mass is 344 g/mol. The van der Waals surface area contributed by atoms with Crippen LogP contribution in [-0.4, -0.2) is 55.8 Å². The van der Waals surface area contributed by atoms with Gasteiger partial charge in [0.25, 0.3) is 5.91 Å². The smallest absolute Gasteiger partial charge is 0.270 e. The molecule has 25 heavy (non-hydrogen) atoms. The fourth-order valence-corrected chi connectivity index (χ4v) is 3.59. The number of hydrogen-bond donors (Lipinski definition) is 2. The summed E-state index contributed by atoms with van der Waals surface area (Å²) in [4.78, 5) is 30.2. The Bertz CT molecular complexity index is 805. The van der Waals surface area contributed by atoms with Crippen molar-refractivity contribution in [1.29, 1.82) is 0 Å². The molecule has 2 aromatic heterocycles. The van der Waals surface area contributed by atoms with Crippen LogP contribution in [0.1, 0.15) is 71.0 Å². The minimum absolute atomic E-state index is 0.0434. The van der Waals surface area contributed by atoms with Crippen molar-refractivity contribution in [3.05, 3.63) is 28.3 Å². The number of amides is 1. The standard InChI is InChI=1S/C17H24N6O2/c1-9(15-19-21-22-20-15)8-23(5)16(25)14-10(2)13-11(18-14)6-17(3,4)7-12(13)24/h9,18H,6-8H2,1-5H3,(H,19,20,21,22). The largest absolute Gasteiger partial charge is 0.354 e. The molecule has 0 fully saturated rings. The van der Waals surface area contributed by atoms with Crippen LogP contribution in [0.2, 0.25) is 0 Å². The SMILES string of the molecule is Cc1c(C(=O)N(C)CC(C)c2nn[nH]n2)[nH]c2c1C(=O)CC(C)(C)C2. The molecule has 1 aliphatic rings. The number of ketones is 1. The van der Waals surface area contributed by atoms with Gasteiger partial charge in [0.1, 0.15) is 5.69 Å². The molecule has 2 heterocycles. The zero-order valence-corrected chi connectivity index (χ0v) is 15.3. The number of nitrogens with one attached hydrogen (secondary N) is 2. The molecule has 2 N–H and O–H groups in total. The van der Waals surface area contributed by atoms with E-state index in [-0.39, 0.29) is 23.0 Å². The Balaban J connectivity index is 1.82. The number of Topliss-reactive ketones (excluding diaryl/α,β-unsaturated/α-hetero) is 1. The van der Waals surface area contributed by atoms with Gasteiger partial charge in [-0.15, -0.1) is 10.2 Å². The molecule has 1 aliphatic carbocycles. The third-order valence-electron chi connectivity index (χ3n) is 4.81. The summed E-state index contributed by atoms with van der Waals surface area (Å²) in [7, 11) is 1.74. The molecule has 8 heteroatoms. The second-order valence-corrected chi connectivity index (χ2v) is 7.78. The molecule has 1 amide bonds. The second-order valence-electron chi connectivity index (χ2n) is 7.78. The zero-order chi connectivity index (χ0) is 18.4. The summed E-state index contributed by atoms with van der Waals surface area (Å²) in [5.74, 6) is 0.506. The predicted molar refractivity (Wildman–Crippen MR) is 91.5 cm³/mol. The van der Waals surface area contributed by atoms with Crippen molar-refractivity contribution in [3.8, 4) is 0 Å². The number of rotatable bonds is 4. The molecule has 8 nitrogen and oxygen atoms in total. The molecule has 1 unspecified atom stereocenters. The van der Waals surface area contributed by atoms with E-state index in [2.05, 4.69) is 39.5 Å². The van der Waals surface area contributed by atoms with Gasteiger partial charge in [0, 0.05) is 37.2 Å². The van der Waals surface area contributed by atoms with E-state index in [1.54, 1.807) is 11.9 Å². The topological polar surface area (TPSA) is 108 Å². The van der Waals surface area contributed by atoms with E-state index in [1.807, 2.05) is 13.8 Å². The Morgan fingerprint density at radius 1 is 1.36 bits per heavy atom. The third kappa shape index (κ3) is 3.20. The number of tetrazole rings is 1. The van der Waals surface area contributed by atoms with Crippen LogP contribution >= 0.6 is 0 Å². The average molecular weight is 344 g/mol. The Kier molecular flexibility index (Phi) is 4.22. The summed E-state index contributed by atoms with van der Waals surface area (Å²) >= 11 is 0. The van der Waals surface area contributed by atoms with Crippen LogP contribution in [0, 0.1) is 12.3 Å². The Morgan fingerprint density at radius 3 is 2.72 bits per heavy atom. The van der Waals surface area contributed by atoms with E-state index in [1.165, 1.54) is 0 Å². The third-order valence-corrected chi connectivity index (χ3v) is 4.81. The Hall–Kier alpha value is -2.51. The van der Waals surface area contributed by atoms with Gasteiger partial charge in [-0.3, -0.25) is 9.59 Å². The molecular formula is C17H24N6O2. The molecule has 0 aromatic carbocycles. The first-order valence-corrected chi connectivity index (χ1v) is 8.43. The minimum atomic E-state index is -0.132. The molecule has 0 saturated carbocycles. The maximum atomic E-state index is 12.9. The predicted octanol–water partition coefficient (Wildman–Crippen LogP) is 1.87. The molecular weight excluding hydrogens is 320 g/mol. The molecule has 0 bridgehead atoms. The summed E-state index contributed by atoms with van der Waals surface area (Å²) in [6, 6.07) is 0. The number of aromatic amines is 2. The van der Waals surface area contributed by atoms with Crippen LogP contribution in [0.3, 0.4) is 0 Å². The van der Waals surface area contributed by atoms with Crippen molar-refractivity contribution < 1.29 is 9.59 Å². The number of aromatic nitrogens is 5. The molecule has 0 spiro atoms. The van der Waals surface area contributed by atoms with Crippen LogP contribution in [0.15, 0.2) is 0 Å². The van der Waals surface area contributed by atoms with Gasteiger partial charge in [0.15, 0.2) is 11.6 Å². The number of fused-ring (bicyclic) bond motifs is 1. The Labute approximate surface area is 146 Å². The number of likely N-dealkylation sites (N-methyl/N-ethyl adjacent to an activating group) is 1. The van der Waals surface area contributed by atoms with Crippen LogP contribution in [0.25, 0.3) is 0 Å². The maximum Gasteiger partial charge on any atom is 0.270 e. The zero-order valence-electron chi connectivity index (χ0n) is 15.3. The van der Waals surface area contributed by atoms with Gasteiger partial charge >= 0.3 is 0 Å². The fraction of sp³-hybridized carbons (Fsp3) is 0.588. The van der Waals surface area contributed by atoms with Gasteiger partial charge < -0.3 is 9.88 Å². The van der Waals surface area contributed by atoms with Crippen molar-refractivity contribution >= 4 is 11.7 Å². The number of nitrogens with zero attached hydrogens (tertiary/aromatic N) is 4. The molecule has 1 atom stereocenters. The highest BCUT2D eigenvalue weighted by molar-refractivity contribution is 6.04. The quantitative estimate of drug-likeness (QED) is 0.880. The van der Waals surface area contributed by atoms with Crippen molar-refractivity contribution in [3.63, 3.8) is 0 Å². The van der Waals surface area contributed by atoms with Gasteiger partial charge in [0.05, 0.1) is 0 Å². The summed E-state index contributed by atoms with van der Waals surface area (Å²) in [6.45, 7) is 8.39. The van der Waals surface area contributed by atoms with Crippen molar-refractivity contribution in [2.75, 3.05) is 13.6 Å². The van der Waals surface area contributed by atoms with Crippen LogP contribution in [-0.2, 0) is 6.42 Å². The van der Waals surface area contributed by atoms with Crippen molar-refractivity contribution in [2.24, 2.45) is 5.41 Å². The van der Waals surface area contributed by atoms with E-state index < -0.39 is 0 Å². The lowest BCUT2D eigenvalue weighted by molar-refractivity contribution is 0.0781. The van der Waals surface area contributed by atoms with Crippen molar-refractivity contribution in [2.45, 2.75) is 46.5 Å². The van der Waals surface area contributed by atoms with Gasteiger partial charge in [-0.25, -0.2) is 0 Å². The van der Waals surface area contributed by atoms with E-state index in [0.29, 0.717) is 30.0 Å². The summed E-state index contributed by atoms with van der Waals surface area (Å²) < 4.78 is 0. The first kappa shape index (κ1) is 17.3. The van der Waals surface area contributed by atoms with Gasteiger partial charge in [-0.1, -0.05) is 26.0 Å². The van der Waals surface area contributed by atoms with Gasteiger partial charge in [0.2, 0.25) is 0 Å². The second kappa shape index (κ2) is 6.09. The minimum Gasteiger partial charge on any atom is -0.354 e. The highest BCUT2D eigenvalue weighted by Crippen LogP contribution is 2.36. The number of H-pyrrole nitrogens is 2. The molecule has 0 radical (unpaired) electrons. The summed E-state index contributed by atoms with van der Waals surface area (Å²) in [5.41, 5.74) is 2.74. The normalized spacial score (nSPS) is 17.2. The van der Waals surface area contributed by atoms with E-state index in [9.17, 15) is 9.59 Å². The molecule has 0 saturated heterocycles. The molecule has 134 valence electrons. The summed E-state index contributed by atoms with van der Waals surface area (Å²) in [6.07, 6.45) is 1.28. The molecule has 2 aromatic rings. The van der Waals surface area contributed by atoms with Gasteiger partial charge in [-0.05, 0) is 24.3 Å². The number of carbonyl (C=O) groups is 2. The van der Waals surface area contributed by atoms with Crippen LogP contribution < -0.4 is 0 Å². The lowest BCUT2D eigenvalue weighted by Gasteiger charge is -2.28. The first-order valence-electron chi connectivity index (χ1n) is 8.43. The van der Waals surface area contributed by atoms with E-state index in [4.69, 9.17) is 0 Å².